The van der Waals surface area contributed by atoms with Crippen LogP contribution in [0, 0.1) is 24.7 Å². The number of aryl methyl sites for hydroxylation is 1. The third-order valence-corrected chi connectivity index (χ3v) is 6.46. The molecule has 7 heteroatoms. The minimum atomic E-state index is -0.764. The average molecular weight is 454 g/mol. The summed E-state index contributed by atoms with van der Waals surface area (Å²) in [5.41, 5.74) is 3.55. The number of carbonyl (C=O) groups excluding carboxylic acids is 3. The number of fused-ring (bicyclic) bond motifs is 1. The quantitative estimate of drug-likeness (QED) is 0.472. The standard InChI is InChI=1S/C26H31NO6/c1-15-3-5-22(27-13-15)19-4-6-23(31)26-20(19)11-17(12-25(26)33)10-18(7-8-28)21(14-29)24(32)9-16(2)30/h3-6,13,17-18,21,28-29,31H,7-12,14H2,1-2H3. The molecule has 0 spiro atoms. The number of Topliss-reactive ketones (excluding diaryl/α,β-unsaturated/α-hetero) is 3. The number of phenols is 1. The van der Waals surface area contributed by atoms with Gasteiger partial charge < -0.3 is 15.3 Å². The fourth-order valence-corrected chi connectivity index (χ4v) is 4.88. The van der Waals surface area contributed by atoms with Crippen LogP contribution in [0.4, 0.5) is 0 Å². The van der Waals surface area contributed by atoms with Gasteiger partial charge in [0.15, 0.2) is 5.78 Å². The van der Waals surface area contributed by atoms with Gasteiger partial charge in [0.05, 0.1) is 24.3 Å². The molecule has 0 saturated heterocycles. The van der Waals surface area contributed by atoms with Gasteiger partial charge in [0.25, 0.3) is 0 Å². The van der Waals surface area contributed by atoms with Crippen LogP contribution in [0.3, 0.4) is 0 Å². The third kappa shape index (κ3) is 5.72. The number of hydrogen-bond donors (Lipinski definition) is 3. The van der Waals surface area contributed by atoms with E-state index in [4.69, 9.17) is 0 Å². The lowest BCUT2D eigenvalue weighted by Crippen LogP contribution is -2.32. The Balaban J connectivity index is 1.91. The fraction of sp³-hybridized carbons (Fsp3) is 0.462. The highest BCUT2D eigenvalue weighted by atomic mass is 16.3. The number of benzene rings is 1. The summed E-state index contributed by atoms with van der Waals surface area (Å²) in [7, 11) is 0. The Morgan fingerprint density at radius 2 is 1.91 bits per heavy atom. The Morgan fingerprint density at radius 1 is 1.15 bits per heavy atom. The van der Waals surface area contributed by atoms with Gasteiger partial charge in [-0.3, -0.25) is 19.4 Å². The first-order valence-electron chi connectivity index (χ1n) is 11.3. The number of carbonyl (C=O) groups is 3. The molecule has 0 bridgehead atoms. The predicted molar refractivity (Wildman–Crippen MR) is 123 cm³/mol. The van der Waals surface area contributed by atoms with Crippen molar-refractivity contribution in [2.45, 2.75) is 46.0 Å². The molecule has 0 fully saturated rings. The maximum Gasteiger partial charge on any atom is 0.167 e. The summed E-state index contributed by atoms with van der Waals surface area (Å²) in [5, 5.41) is 29.8. The highest BCUT2D eigenvalue weighted by Gasteiger charge is 2.35. The van der Waals surface area contributed by atoms with Gasteiger partial charge in [-0.05, 0) is 74.3 Å². The lowest BCUT2D eigenvalue weighted by atomic mass is 9.72. The van der Waals surface area contributed by atoms with Crippen molar-refractivity contribution in [3.8, 4) is 17.0 Å². The summed E-state index contributed by atoms with van der Waals surface area (Å²) < 4.78 is 0. The van der Waals surface area contributed by atoms with Crippen LogP contribution in [-0.4, -0.2) is 50.9 Å². The first-order chi connectivity index (χ1) is 15.7. The number of aromatic nitrogens is 1. The molecule has 0 radical (unpaired) electrons. The number of aliphatic hydroxyl groups is 2. The Bertz CT molecular complexity index is 1030. The van der Waals surface area contributed by atoms with Crippen molar-refractivity contribution in [3.05, 3.63) is 47.2 Å². The van der Waals surface area contributed by atoms with Crippen molar-refractivity contribution < 1.29 is 29.7 Å². The van der Waals surface area contributed by atoms with Gasteiger partial charge in [-0.1, -0.05) is 6.07 Å². The molecule has 1 aliphatic carbocycles. The molecule has 176 valence electrons. The summed E-state index contributed by atoms with van der Waals surface area (Å²) in [6.07, 6.45) is 2.93. The van der Waals surface area contributed by atoms with Crippen LogP contribution in [0.15, 0.2) is 30.5 Å². The predicted octanol–water partition coefficient (Wildman–Crippen LogP) is 3.05. The molecule has 1 aromatic heterocycles. The number of aromatic hydroxyl groups is 1. The number of hydrogen-bond acceptors (Lipinski definition) is 7. The molecular formula is C26H31NO6. The van der Waals surface area contributed by atoms with Gasteiger partial charge in [0, 0.05) is 30.7 Å². The molecule has 1 heterocycles. The maximum absolute atomic E-state index is 13.0. The summed E-state index contributed by atoms with van der Waals surface area (Å²) in [6.45, 7) is 2.70. The largest absolute Gasteiger partial charge is 0.507 e. The summed E-state index contributed by atoms with van der Waals surface area (Å²) in [5.74, 6) is -2.09. The van der Waals surface area contributed by atoms with E-state index in [1.165, 1.54) is 13.0 Å². The van der Waals surface area contributed by atoms with Crippen molar-refractivity contribution >= 4 is 17.3 Å². The third-order valence-electron chi connectivity index (χ3n) is 6.46. The van der Waals surface area contributed by atoms with E-state index < -0.39 is 12.5 Å². The van der Waals surface area contributed by atoms with Crippen LogP contribution < -0.4 is 0 Å². The van der Waals surface area contributed by atoms with E-state index in [1.54, 1.807) is 12.3 Å². The Hall–Kier alpha value is -2.90. The molecule has 7 nitrogen and oxygen atoms in total. The summed E-state index contributed by atoms with van der Waals surface area (Å²) in [6, 6.07) is 7.10. The van der Waals surface area contributed by atoms with Gasteiger partial charge in [0.2, 0.25) is 0 Å². The summed E-state index contributed by atoms with van der Waals surface area (Å²) in [4.78, 5) is 41.5. The average Bonchev–Trinajstić information content (AvgIpc) is 2.74. The van der Waals surface area contributed by atoms with Crippen LogP contribution in [0.2, 0.25) is 0 Å². The number of nitrogens with zero attached hydrogens (tertiary/aromatic N) is 1. The zero-order chi connectivity index (χ0) is 24.1. The zero-order valence-corrected chi connectivity index (χ0v) is 19.1. The second-order valence-corrected chi connectivity index (χ2v) is 9.05. The topological polar surface area (TPSA) is 125 Å². The van der Waals surface area contributed by atoms with E-state index in [0.717, 1.165) is 16.7 Å². The highest BCUT2D eigenvalue weighted by molar-refractivity contribution is 6.03. The summed E-state index contributed by atoms with van der Waals surface area (Å²) >= 11 is 0. The van der Waals surface area contributed by atoms with E-state index in [9.17, 15) is 29.7 Å². The second-order valence-electron chi connectivity index (χ2n) is 9.05. The number of pyridine rings is 1. The van der Waals surface area contributed by atoms with Gasteiger partial charge in [-0.15, -0.1) is 0 Å². The first kappa shape index (κ1) is 24.7. The molecule has 1 aliphatic rings. The monoisotopic (exact) mass is 453 g/mol. The molecule has 0 aliphatic heterocycles. The van der Waals surface area contributed by atoms with Crippen molar-refractivity contribution in [2.24, 2.45) is 17.8 Å². The van der Waals surface area contributed by atoms with Gasteiger partial charge in [-0.25, -0.2) is 0 Å². The first-order valence-corrected chi connectivity index (χ1v) is 11.3. The molecule has 0 amide bonds. The molecule has 3 atom stereocenters. The van der Waals surface area contributed by atoms with Crippen LogP contribution >= 0.6 is 0 Å². The molecule has 2 aromatic rings. The highest BCUT2D eigenvalue weighted by Crippen LogP contribution is 2.40. The number of rotatable bonds is 10. The zero-order valence-electron chi connectivity index (χ0n) is 19.1. The van der Waals surface area contributed by atoms with Crippen molar-refractivity contribution in [2.75, 3.05) is 13.2 Å². The molecular weight excluding hydrogens is 422 g/mol. The van der Waals surface area contributed by atoms with E-state index in [2.05, 4.69) is 4.98 Å². The lowest BCUT2D eigenvalue weighted by molar-refractivity contribution is -0.131. The Labute approximate surface area is 193 Å². The molecule has 1 aromatic carbocycles. The molecule has 3 unspecified atom stereocenters. The molecule has 3 rings (SSSR count). The Morgan fingerprint density at radius 3 is 2.52 bits per heavy atom. The molecule has 33 heavy (non-hydrogen) atoms. The Kier molecular flexibility index (Phi) is 8.10. The van der Waals surface area contributed by atoms with Gasteiger partial charge in [0.1, 0.15) is 17.3 Å². The van der Waals surface area contributed by atoms with Gasteiger partial charge in [-0.2, -0.15) is 0 Å². The second kappa shape index (κ2) is 10.8. The minimum Gasteiger partial charge on any atom is -0.507 e. The van der Waals surface area contributed by atoms with E-state index in [0.29, 0.717) is 30.5 Å². The maximum atomic E-state index is 13.0. The normalized spacial score (nSPS) is 17.3. The fourth-order valence-electron chi connectivity index (χ4n) is 4.88. The van der Waals surface area contributed by atoms with Crippen LogP contribution in [0.25, 0.3) is 11.3 Å². The molecule has 3 N–H and O–H groups in total. The molecule has 0 saturated carbocycles. The van der Waals surface area contributed by atoms with Crippen LogP contribution in [0.5, 0.6) is 5.75 Å². The van der Waals surface area contributed by atoms with E-state index in [1.807, 2.05) is 19.1 Å². The number of phenolic OH excluding ortho intramolecular Hbond substituents is 1. The van der Waals surface area contributed by atoms with Gasteiger partial charge >= 0.3 is 0 Å². The minimum absolute atomic E-state index is 0.0545. The SMILES string of the molecule is CC(=O)CC(=O)C(CO)C(CCO)CC1CC(=O)c2c(O)ccc(-c3ccc(C)cn3)c2C1. The van der Waals surface area contributed by atoms with Crippen LogP contribution in [0.1, 0.15) is 54.1 Å². The van der Waals surface area contributed by atoms with E-state index in [-0.39, 0.29) is 54.4 Å². The van der Waals surface area contributed by atoms with E-state index >= 15 is 0 Å². The number of ketones is 3. The lowest BCUT2D eigenvalue weighted by Gasteiger charge is -2.31. The van der Waals surface area contributed by atoms with Crippen molar-refractivity contribution in [1.82, 2.24) is 4.98 Å². The number of aliphatic hydroxyl groups excluding tert-OH is 2. The smallest absolute Gasteiger partial charge is 0.167 e. The van der Waals surface area contributed by atoms with Crippen LogP contribution in [-0.2, 0) is 16.0 Å². The van der Waals surface area contributed by atoms with Crippen molar-refractivity contribution in [1.29, 1.82) is 0 Å². The van der Waals surface area contributed by atoms with Crippen molar-refractivity contribution in [3.63, 3.8) is 0 Å².